The number of carbonyl (C=O) groups is 1. The van der Waals surface area contributed by atoms with E-state index < -0.39 is 0 Å². The molecule has 1 N–H and O–H groups in total. The Morgan fingerprint density at radius 2 is 2.18 bits per heavy atom. The highest BCUT2D eigenvalue weighted by Crippen LogP contribution is 2.29. The summed E-state index contributed by atoms with van der Waals surface area (Å²) in [5.74, 6) is 0.137. The Balaban J connectivity index is 2.13. The third kappa shape index (κ3) is 2.86. The van der Waals surface area contributed by atoms with Crippen molar-refractivity contribution in [3.63, 3.8) is 0 Å². The second-order valence-corrected chi connectivity index (χ2v) is 5.34. The van der Waals surface area contributed by atoms with Crippen LogP contribution in [0.2, 0.25) is 0 Å². The van der Waals surface area contributed by atoms with E-state index in [0.717, 1.165) is 6.42 Å². The van der Waals surface area contributed by atoms with Gasteiger partial charge in [0.2, 0.25) is 5.91 Å². The number of hydrogen-bond acceptors (Lipinski definition) is 2. The fourth-order valence-corrected chi connectivity index (χ4v) is 2.89. The summed E-state index contributed by atoms with van der Waals surface area (Å²) in [6.45, 7) is 4.06. The van der Waals surface area contributed by atoms with Crippen molar-refractivity contribution in [3.8, 4) is 0 Å². The van der Waals surface area contributed by atoms with Crippen molar-refractivity contribution >= 4 is 27.3 Å². The van der Waals surface area contributed by atoms with Crippen LogP contribution in [0.4, 0.5) is 0 Å². The average molecular weight is 247 g/mol. The number of benzene rings is 1. The van der Waals surface area contributed by atoms with Gasteiger partial charge in [0, 0.05) is 16.0 Å². The Morgan fingerprint density at radius 3 is 2.88 bits per heavy atom. The van der Waals surface area contributed by atoms with E-state index in [1.165, 1.54) is 15.0 Å². The van der Waals surface area contributed by atoms with Gasteiger partial charge in [-0.25, -0.2) is 0 Å². The predicted octanol–water partition coefficient (Wildman–Crippen LogP) is 3.88. The molecule has 2 rings (SSSR count). The summed E-state index contributed by atoms with van der Waals surface area (Å²) in [5.41, 5.74) is 0. The second-order valence-electron chi connectivity index (χ2n) is 4.23. The summed E-state index contributed by atoms with van der Waals surface area (Å²) >= 11 is 1.75. The topological polar surface area (TPSA) is 29.1 Å². The van der Waals surface area contributed by atoms with Crippen LogP contribution in [-0.4, -0.2) is 5.91 Å². The molecule has 17 heavy (non-hydrogen) atoms. The van der Waals surface area contributed by atoms with Crippen LogP contribution in [0.25, 0.3) is 10.1 Å². The van der Waals surface area contributed by atoms with Gasteiger partial charge >= 0.3 is 0 Å². The van der Waals surface area contributed by atoms with Gasteiger partial charge in [0.25, 0.3) is 0 Å². The number of nitrogens with one attached hydrogen (secondary N) is 1. The summed E-state index contributed by atoms with van der Waals surface area (Å²) in [4.78, 5) is 12.8. The molecule has 0 saturated carbocycles. The first-order chi connectivity index (χ1) is 8.20. The molecule has 1 aromatic heterocycles. The first kappa shape index (κ1) is 12.1. The zero-order chi connectivity index (χ0) is 12.3. The van der Waals surface area contributed by atoms with E-state index in [9.17, 15) is 4.79 Å². The first-order valence-electron chi connectivity index (χ1n) is 5.98. The SMILES string of the molecule is CCCC(=O)N[C@@H](C)c1cc2ccccc2s1. The quantitative estimate of drug-likeness (QED) is 0.872. The molecule has 1 amide bonds. The molecule has 1 aromatic carbocycles. The van der Waals surface area contributed by atoms with Crippen LogP contribution in [0.1, 0.15) is 37.6 Å². The molecule has 0 fully saturated rings. The lowest BCUT2D eigenvalue weighted by Gasteiger charge is -2.11. The third-order valence-corrected chi connectivity index (χ3v) is 4.02. The van der Waals surface area contributed by atoms with E-state index in [0.29, 0.717) is 6.42 Å². The van der Waals surface area contributed by atoms with E-state index in [4.69, 9.17) is 0 Å². The van der Waals surface area contributed by atoms with Crippen molar-refractivity contribution < 1.29 is 4.79 Å². The molecule has 0 aliphatic carbocycles. The van der Waals surface area contributed by atoms with Gasteiger partial charge in [-0.05, 0) is 30.9 Å². The van der Waals surface area contributed by atoms with E-state index in [2.05, 4.69) is 23.5 Å². The number of fused-ring (bicyclic) bond motifs is 1. The standard InChI is InChI=1S/C14H17NOS/c1-3-6-14(16)15-10(2)13-9-11-7-4-5-8-12(11)17-13/h4-5,7-10H,3,6H2,1-2H3,(H,15,16)/t10-/m0/s1. The molecule has 0 aliphatic heterocycles. The van der Waals surface area contributed by atoms with Crippen molar-refractivity contribution in [3.05, 3.63) is 35.2 Å². The molecule has 0 unspecified atom stereocenters. The van der Waals surface area contributed by atoms with Gasteiger partial charge in [0.05, 0.1) is 6.04 Å². The van der Waals surface area contributed by atoms with Gasteiger partial charge in [-0.1, -0.05) is 25.1 Å². The molecule has 0 saturated heterocycles. The van der Waals surface area contributed by atoms with Crippen molar-refractivity contribution in [1.82, 2.24) is 5.32 Å². The fraction of sp³-hybridized carbons (Fsp3) is 0.357. The molecule has 0 radical (unpaired) electrons. The van der Waals surface area contributed by atoms with Gasteiger partial charge in [0.1, 0.15) is 0 Å². The summed E-state index contributed by atoms with van der Waals surface area (Å²) in [6, 6.07) is 10.6. The smallest absolute Gasteiger partial charge is 0.220 e. The highest BCUT2D eigenvalue weighted by Gasteiger charge is 2.11. The Bertz CT molecular complexity index is 485. The lowest BCUT2D eigenvalue weighted by molar-refractivity contribution is -0.121. The Kier molecular flexibility index (Phi) is 3.79. The maximum absolute atomic E-state index is 11.5. The first-order valence-corrected chi connectivity index (χ1v) is 6.80. The van der Waals surface area contributed by atoms with Gasteiger partial charge < -0.3 is 5.32 Å². The van der Waals surface area contributed by atoms with Crippen LogP contribution in [0.15, 0.2) is 30.3 Å². The largest absolute Gasteiger partial charge is 0.349 e. The lowest BCUT2D eigenvalue weighted by atomic mass is 10.2. The Labute approximate surface area is 106 Å². The van der Waals surface area contributed by atoms with Crippen molar-refractivity contribution in [2.75, 3.05) is 0 Å². The molecular weight excluding hydrogens is 230 g/mol. The maximum atomic E-state index is 11.5. The number of rotatable bonds is 4. The van der Waals surface area contributed by atoms with Crippen LogP contribution in [0.3, 0.4) is 0 Å². The molecule has 2 nitrogen and oxygen atoms in total. The van der Waals surface area contributed by atoms with Crippen LogP contribution in [0.5, 0.6) is 0 Å². The van der Waals surface area contributed by atoms with Gasteiger partial charge in [0.15, 0.2) is 0 Å². The minimum absolute atomic E-state index is 0.103. The van der Waals surface area contributed by atoms with Gasteiger partial charge in [-0.2, -0.15) is 0 Å². The van der Waals surface area contributed by atoms with Crippen LogP contribution < -0.4 is 5.32 Å². The van der Waals surface area contributed by atoms with Gasteiger partial charge in [-0.15, -0.1) is 11.3 Å². The lowest BCUT2D eigenvalue weighted by Crippen LogP contribution is -2.25. The molecule has 0 spiro atoms. The summed E-state index contributed by atoms with van der Waals surface area (Å²) in [5, 5.41) is 4.28. The summed E-state index contributed by atoms with van der Waals surface area (Å²) in [6.07, 6.45) is 1.50. The average Bonchev–Trinajstić information content (AvgIpc) is 2.72. The molecule has 1 atom stereocenters. The molecule has 1 heterocycles. The fourth-order valence-electron chi connectivity index (χ4n) is 1.83. The highest BCUT2D eigenvalue weighted by molar-refractivity contribution is 7.19. The van der Waals surface area contributed by atoms with Crippen LogP contribution in [-0.2, 0) is 4.79 Å². The maximum Gasteiger partial charge on any atom is 0.220 e. The molecule has 3 heteroatoms. The molecule has 0 bridgehead atoms. The molecule has 0 aliphatic rings. The van der Waals surface area contributed by atoms with Crippen LogP contribution >= 0.6 is 11.3 Å². The zero-order valence-electron chi connectivity index (χ0n) is 10.2. The van der Waals surface area contributed by atoms with Gasteiger partial charge in [-0.3, -0.25) is 4.79 Å². The third-order valence-electron chi connectivity index (χ3n) is 2.73. The normalized spacial score (nSPS) is 12.6. The minimum Gasteiger partial charge on any atom is -0.349 e. The van der Waals surface area contributed by atoms with E-state index in [1.807, 2.05) is 26.0 Å². The predicted molar refractivity (Wildman–Crippen MR) is 73.3 cm³/mol. The molecular formula is C14H17NOS. The van der Waals surface area contributed by atoms with Crippen molar-refractivity contribution in [2.24, 2.45) is 0 Å². The van der Waals surface area contributed by atoms with Crippen molar-refractivity contribution in [2.45, 2.75) is 32.7 Å². The summed E-state index contributed by atoms with van der Waals surface area (Å²) < 4.78 is 1.28. The number of amides is 1. The van der Waals surface area contributed by atoms with E-state index in [1.54, 1.807) is 11.3 Å². The monoisotopic (exact) mass is 247 g/mol. The molecule has 2 aromatic rings. The van der Waals surface area contributed by atoms with E-state index >= 15 is 0 Å². The van der Waals surface area contributed by atoms with Crippen LogP contribution in [0, 0.1) is 0 Å². The highest BCUT2D eigenvalue weighted by atomic mass is 32.1. The Morgan fingerprint density at radius 1 is 1.41 bits per heavy atom. The van der Waals surface area contributed by atoms with E-state index in [-0.39, 0.29) is 11.9 Å². The molecule has 90 valence electrons. The number of hydrogen-bond donors (Lipinski definition) is 1. The number of carbonyl (C=O) groups excluding carboxylic acids is 1. The zero-order valence-corrected chi connectivity index (χ0v) is 11.0. The Hall–Kier alpha value is -1.35. The van der Waals surface area contributed by atoms with Crippen molar-refractivity contribution in [1.29, 1.82) is 0 Å². The summed E-state index contributed by atoms with van der Waals surface area (Å²) in [7, 11) is 0. The number of thiophene rings is 1. The second kappa shape index (κ2) is 5.32. The minimum atomic E-state index is 0.103.